The Morgan fingerprint density at radius 3 is 2.68 bits per heavy atom. The van der Waals surface area contributed by atoms with Crippen molar-refractivity contribution in [1.82, 2.24) is 15.4 Å². The summed E-state index contributed by atoms with van der Waals surface area (Å²) in [5.74, 6) is 2.15. The fourth-order valence-corrected chi connectivity index (χ4v) is 4.92. The highest BCUT2D eigenvalue weighted by atomic mass is 16.5. The number of carbonyl (C=O) groups excluding carboxylic acids is 1. The topological polar surface area (TPSA) is 67.6 Å². The number of amides is 1. The third-order valence-electron chi connectivity index (χ3n) is 6.76. The van der Waals surface area contributed by atoms with Crippen molar-refractivity contribution in [2.24, 2.45) is 5.41 Å². The van der Waals surface area contributed by atoms with Crippen molar-refractivity contribution in [3.05, 3.63) is 47.3 Å². The molecule has 1 aliphatic heterocycles. The molecule has 2 aliphatic rings. The van der Waals surface area contributed by atoms with Gasteiger partial charge in [-0.3, -0.25) is 9.69 Å². The van der Waals surface area contributed by atoms with Crippen molar-refractivity contribution in [3.8, 4) is 5.75 Å². The molecule has 1 aliphatic carbocycles. The van der Waals surface area contributed by atoms with Crippen LogP contribution in [0.1, 0.15) is 68.9 Å². The number of nitrogens with zero attached hydrogens (tertiary/aromatic N) is 2. The molecule has 0 spiro atoms. The number of benzene rings is 1. The maximum atomic E-state index is 12.9. The van der Waals surface area contributed by atoms with Crippen LogP contribution in [0.5, 0.6) is 5.75 Å². The van der Waals surface area contributed by atoms with Crippen LogP contribution in [0.2, 0.25) is 0 Å². The molecule has 1 aromatic heterocycles. The molecule has 6 nitrogen and oxygen atoms in total. The Labute approximate surface area is 185 Å². The largest absolute Gasteiger partial charge is 0.490 e. The average Bonchev–Trinajstić information content (AvgIpc) is 3.51. The molecule has 6 heteroatoms. The van der Waals surface area contributed by atoms with Crippen LogP contribution in [0.15, 0.2) is 34.9 Å². The first-order valence-corrected chi connectivity index (χ1v) is 11.6. The summed E-state index contributed by atoms with van der Waals surface area (Å²) in [4.78, 5) is 15.2. The van der Waals surface area contributed by atoms with E-state index in [4.69, 9.17) is 9.26 Å². The molecular weight excluding hydrogens is 390 g/mol. The summed E-state index contributed by atoms with van der Waals surface area (Å²) in [5.41, 5.74) is 1.71. The zero-order chi connectivity index (χ0) is 21.8. The molecule has 4 rings (SSSR count). The van der Waals surface area contributed by atoms with Gasteiger partial charge in [0.15, 0.2) is 0 Å². The number of nitrogens with one attached hydrogen (secondary N) is 1. The summed E-state index contributed by atoms with van der Waals surface area (Å²) in [6, 6.07) is 10.5. The molecule has 2 fully saturated rings. The van der Waals surface area contributed by atoms with E-state index >= 15 is 0 Å². The van der Waals surface area contributed by atoms with Crippen LogP contribution in [0.3, 0.4) is 0 Å². The smallest absolute Gasteiger partial charge is 0.227 e. The van der Waals surface area contributed by atoms with E-state index in [1.807, 2.05) is 6.07 Å². The van der Waals surface area contributed by atoms with Gasteiger partial charge in [-0.05, 0) is 62.3 Å². The fourth-order valence-electron chi connectivity index (χ4n) is 4.92. The molecule has 1 aromatic carbocycles. The number of ether oxygens (including phenoxy) is 1. The lowest BCUT2D eigenvalue weighted by molar-refractivity contribution is -0.130. The third-order valence-corrected chi connectivity index (χ3v) is 6.76. The van der Waals surface area contributed by atoms with Gasteiger partial charge in [-0.25, -0.2) is 0 Å². The maximum absolute atomic E-state index is 12.9. The van der Waals surface area contributed by atoms with Crippen molar-refractivity contribution >= 4 is 5.91 Å². The van der Waals surface area contributed by atoms with Gasteiger partial charge in [-0.2, -0.15) is 0 Å². The van der Waals surface area contributed by atoms with Crippen molar-refractivity contribution in [3.63, 3.8) is 0 Å². The monoisotopic (exact) mass is 425 g/mol. The minimum atomic E-state index is -0.478. The number of hydrogen-bond donors (Lipinski definition) is 1. The molecule has 31 heavy (non-hydrogen) atoms. The van der Waals surface area contributed by atoms with Crippen LogP contribution in [0.25, 0.3) is 0 Å². The van der Waals surface area contributed by atoms with Gasteiger partial charge in [0, 0.05) is 32.6 Å². The quantitative estimate of drug-likeness (QED) is 0.683. The molecule has 2 aromatic rings. The highest BCUT2D eigenvalue weighted by molar-refractivity contribution is 5.83. The van der Waals surface area contributed by atoms with E-state index in [1.165, 1.54) is 31.2 Å². The fraction of sp³-hybridized carbons (Fsp3) is 0.600. The lowest BCUT2D eigenvalue weighted by Gasteiger charge is -2.26. The molecule has 1 atom stereocenters. The predicted molar refractivity (Wildman–Crippen MR) is 120 cm³/mol. The predicted octanol–water partition coefficient (Wildman–Crippen LogP) is 4.30. The summed E-state index contributed by atoms with van der Waals surface area (Å²) >= 11 is 0. The number of likely N-dealkylation sites (tertiary alicyclic amines) is 1. The Hall–Kier alpha value is -2.34. The van der Waals surface area contributed by atoms with E-state index in [0.29, 0.717) is 25.0 Å². The molecule has 168 valence electrons. The lowest BCUT2D eigenvalue weighted by atomic mass is 9.81. The minimum absolute atomic E-state index is 0.0813. The summed E-state index contributed by atoms with van der Waals surface area (Å²) in [7, 11) is 1.72. The Kier molecular flexibility index (Phi) is 6.65. The van der Waals surface area contributed by atoms with Gasteiger partial charge in [0.1, 0.15) is 11.5 Å². The van der Waals surface area contributed by atoms with Crippen LogP contribution >= 0.6 is 0 Å². The summed E-state index contributed by atoms with van der Waals surface area (Å²) in [6.07, 6.45) is 6.66. The van der Waals surface area contributed by atoms with Crippen LogP contribution in [0, 0.1) is 5.41 Å². The van der Waals surface area contributed by atoms with E-state index in [-0.39, 0.29) is 5.91 Å². The normalized spacial score (nSPS) is 22.3. The first kappa shape index (κ1) is 21.9. The van der Waals surface area contributed by atoms with Gasteiger partial charge in [0.25, 0.3) is 0 Å². The van der Waals surface area contributed by atoms with Gasteiger partial charge in [0.05, 0.1) is 17.2 Å². The Morgan fingerprint density at radius 2 is 2.03 bits per heavy atom. The Bertz CT molecular complexity index is 870. The second-order valence-electron chi connectivity index (χ2n) is 9.54. The summed E-state index contributed by atoms with van der Waals surface area (Å²) in [5, 5.41) is 7.05. The van der Waals surface area contributed by atoms with Crippen LogP contribution in [0.4, 0.5) is 0 Å². The molecule has 0 radical (unpaired) electrons. The first-order valence-electron chi connectivity index (χ1n) is 11.6. The van der Waals surface area contributed by atoms with Crippen LogP contribution in [-0.4, -0.2) is 42.2 Å². The first-order chi connectivity index (χ1) is 15.0. The molecule has 1 amide bonds. The molecule has 1 saturated heterocycles. The van der Waals surface area contributed by atoms with Crippen molar-refractivity contribution < 1.29 is 14.1 Å². The van der Waals surface area contributed by atoms with E-state index < -0.39 is 5.41 Å². The zero-order valence-corrected chi connectivity index (χ0v) is 19.0. The standard InChI is InChI=1S/C25H35N3O3/c1-18(2)23-14-22(31-27-23)15-25(24(29)26-3)12-13-28(17-25)16-19-8-10-21(11-9-19)30-20-6-4-5-7-20/h8-11,14,18,20H,4-7,12-13,15-17H2,1-3H3,(H,26,29)/t25-/m1/s1. The molecule has 2 heterocycles. The molecule has 0 unspecified atom stereocenters. The van der Waals surface area contributed by atoms with Crippen molar-refractivity contribution in [2.75, 3.05) is 20.1 Å². The Morgan fingerprint density at radius 1 is 1.29 bits per heavy atom. The highest BCUT2D eigenvalue weighted by Gasteiger charge is 2.45. The molecule has 1 saturated carbocycles. The second kappa shape index (κ2) is 9.43. The number of hydrogen-bond acceptors (Lipinski definition) is 5. The maximum Gasteiger partial charge on any atom is 0.227 e. The van der Waals surface area contributed by atoms with E-state index in [9.17, 15) is 4.79 Å². The number of rotatable bonds is 8. The highest BCUT2D eigenvalue weighted by Crippen LogP contribution is 2.36. The van der Waals surface area contributed by atoms with Crippen LogP contribution in [-0.2, 0) is 17.8 Å². The van der Waals surface area contributed by atoms with Crippen molar-refractivity contribution in [2.45, 2.75) is 70.9 Å². The molecule has 1 N–H and O–H groups in total. The van der Waals surface area contributed by atoms with Crippen LogP contribution < -0.4 is 10.1 Å². The lowest BCUT2D eigenvalue weighted by Crippen LogP contribution is -2.43. The summed E-state index contributed by atoms with van der Waals surface area (Å²) < 4.78 is 11.6. The Balaban J connectivity index is 1.39. The van der Waals surface area contributed by atoms with Gasteiger partial charge in [-0.15, -0.1) is 0 Å². The molecular formula is C25H35N3O3. The van der Waals surface area contributed by atoms with E-state index in [0.717, 1.165) is 36.7 Å². The SMILES string of the molecule is CNC(=O)[C@@]1(Cc2cc(C(C)C)no2)CCN(Cc2ccc(OC3CCCC3)cc2)C1. The third kappa shape index (κ3) is 5.12. The van der Waals surface area contributed by atoms with E-state index in [2.05, 4.69) is 53.5 Å². The van der Waals surface area contributed by atoms with Gasteiger partial charge < -0.3 is 14.6 Å². The second-order valence-corrected chi connectivity index (χ2v) is 9.54. The van der Waals surface area contributed by atoms with Gasteiger partial charge in [0.2, 0.25) is 5.91 Å². The summed E-state index contributed by atoms with van der Waals surface area (Å²) in [6.45, 7) is 6.62. The molecule has 0 bridgehead atoms. The van der Waals surface area contributed by atoms with E-state index in [1.54, 1.807) is 7.05 Å². The van der Waals surface area contributed by atoms with Gasteiger partial charge in [-0.1, -0.05) is 31.1 Å². The number of carbonyl (C=O) groups is 1. The number of aromatic nitrogens is 1. The average molecular weight is 426 g/mol. The van der Waals surface area contributed by atoms with Crippen molar-refractivity contribution in [1.29, 1.82) is 0 Å². The zero-order valence-electron chi connectivity index (χ0n) is 19.0. The van der Waals surface area contributed by atoms with Gasteiger partial charge >= 0.3 is 0 Å². The minimum Gasteiger partial charge on any atom is -0.490 e.